The minimum atomic E-state index is -2.63. The van der Waals surface area contributed by atoms with Crippen LogP contribution in [0.25, 0.3) is 0 Å². The predicted octanol–water partition coefficient (Wildman–Crippen LogP) is 0.734. The van der Waals surface area contributed by atoms with E-state index in [0.29, 0.717) is 0 Å². The number of carbonyl (C=O) groups excluding carboxylic acids is 1. The zero-order valence-electron chi connectivity index (χ0n) is 7.90. The average molecular weight is 258 g/mol. The molecule has 0 atom stereocenters. The zero-order chi connectivity index (χ0) is 11.2. The van der Waals surface area contributed by atoms with Crippen LogP contribution in [0.15, 0.2) is 0 Å². The van der Waals surface area contributed by atoms with Crippen molar-refractivity contribution in [3.05, 3.63) is 0 Å². The molecule has 0 aliphatic heterocycles. The Morgan fingerprint density at radius 3 is 2.14 bits per heavy atom. The first-order chi connectivity index (χ1) is 6.47. The van der Waals surface area contributed by atoms with Crippen molar-refractivity contribution in [2.24, 2.45) is 0 Å². The van der Waals surface area contributed by atoms with E-state index in [2.05, 4.69) is 15.1 Å². The molecule has 6 nitrogen and oxygen atoms in total. The van der Waals surface area contributed by atoms with Crippen molar-refractivity contribution in [2.45, 2.75) is 0 Å². The summed E-state index contributed by atoms with van der Waals surface area (Å²) in [6, 6.07) is 0. The van der Waals surface area contributed by atoms with E-state index in [-0.39, 0.29) is 5.11 Å². The highest BCUT2D eigenvalue weighted by molar-refractivity contribution is 8.09. The Hall–Kier alpha value is -0.270. The van der Waals surface area contributed by atoms with Crippen LogP contribution in [0.3, 0.4) is 0 Å². The summed E-state index contributed by atoms with van der Waals surface area (Å²) in [6.07, 6.45) is -0.684. The fourth-order valence-electron chi connectivity index (χ4n) is 0.462. The van der Waals surface area contributed by atoms with Gasteiger partial charge in [-0.05, 0) is 24.0 Å². The first-order valence-electron chi connectivity index (χ1n) is 3.36. The van der Waals surface area contributed by atoms with Gasteiger partial charge in [-0.3, -0.25) is 10.4 Å². The maximum Gasteiger partial charge on any atom is 0.413 e. The quantitative estimate of drug-likeness (QED) is 0.571. The molecular formula is C5H11N2O4PS2. The van der Waals surface area contributed by atoms with E-state index in [9.17, 15) is 4.79 Å². The molecule has 0 bridgehead atoms. The first kappa shape index (κ1) is 13.7. The predicted molar refractivity (Wildman–Crippen MR) is 59.6 cm³/mol. The summed E-state index contributed by atoms with van der Waals surface area (Å²) in [4.78, 5) is 10.7. The van der Waals surface area contributed by atoms with Gasteiger partial charge in [0, 0.05) is 14.2 Å². The topological polar surface area (TPSA) is 68.8 Å². The molecule has 82 valence electrons. The van der Waals surface area contributed by atoms with Crippen LogP contribution in [0.4, 0.5) is 4.79 Å². The summed E-state index contributed by atoms with van der Waals surface area (Å²) >= 11 is 9.70. The van der Waals surface area contributed by atoms with Crippen LogP contribution in [0.5, 0.6) is 0 Å². The molecule has 0 fully saturated rings. The molecular weight excluding hydrogens is 247 g/mol. The van der Waals surface area contributed by atoms with Crippen molar-refractivity contribution in [1.29, 1.82) is 0 Å². The molecule has 0 rings (SSSR count). The number of amides is 1. The Morgan fingerprint density at radius 1 is 1.29 bits per heavy atom. The second kappa shape index (κ2) is 6.26. The lowest BCUT2D eigenvalue weighted by atomic mass is 11.0. The maximum atomic E-state index is 10.7. The number of hydrogen-bond acceptors (Lipinski definition) is 6. The highest BCUT2D eigenvalue weighted by Crippen LogP contribution is 2.41. The number of alkyl carbamates (subject to hydrolysis) is 1. The summed E-state index contributed by atoms with van der Waals surface area (Å²) in [5.41, 5.74) is 0. The fraction of sp³-hybridized carbons (Fsp3) is 0.600. The lowest BCUT2D eigenvalue weighted by Gasteiger charge is -2.19. The Kier molecular flexibility index (Phi) is 6.14. The number of ether oxygens (including phenoxy) is 1. The zero-order valence-corrected chi connectivity index (χ0v) is 10.4. The van der Waals surface area contributed by atoms with Crippen LogP contribution in [0.2, 0.25) is 0 Å². The molecule has 1 amide bonds. The van der Waals surface area contributed by atoms with Crippen molar-refractivity contribution in [1.82, 2.24) is 10.4 Å². The van der Waals surface area contributed by atoms with E-state index < -0.39 is 12.7 Å². The summed E-state index contributed by atoms with van der Waals surface area (Å²) in [5, 5.41) is 4.78. The Bertz CT molecular complexity index is 264. The highest BCUT2D eigenvalue weighted by Gasteiger charge is 2.17. The monoisotopic (exact) mass is 258 g/mol. The molecule has 0 radical (unpaired) electrons. The molecule has 0 aromatic heterocycles. The van der Waals surface area contributed by atoms with Crippen molar-refractivity contribution >= 4 is 41.9 Å². The van der Waals surface area contributed by atoms with E-state index in [4.69, 9.17) is 33.1 Å². The Labute approximate surface area is 92.5 Å². The van der Waals surface area contributed by atoms with E-state index in [1.807, 2.05) is 0 Å². The van der Waals surface area contributed by atoms with Gasteiger partial charge in [0.1, 0.15) is 0 Å². The molecule has 0 heterocycles. The van der Waals surface area contributed by atoms with Gasteiger partial charge in [0.25, 0.3) is 6.64 Å². The molecule has 2 N–H and O–H groups in total. The lowest BCUT2D eigenvalue weighted by Crippen LogP contribution is -2.37. The van der Waals surface area contributed by atoms with Gasteiger partial charge < -0.3 is 13.8 Å². The van der Waals surface area contributed by atoms with Gasteiger partial charge in [-0.15, -0.1) is 0 Å². The number of hydrogen-bond donors (Lipinski definition) is 2. The first-order valence-corrected chi connectivity index (χ1v) is 6.40. The van der Waals surface area contributed by atoms with Crippen molar-refractivity contribution in [3.63, 3.8) is 0 Å². The third kappa shape index (κ3) is 4.83. The van der Waals surface area contributed by atoms with Gasteiger partial charge in [-0.2, -0.15) is 0 Å². The standard InChI is InChI=1S/C5H11N2O4PS2/c1-9-5(8)6-4(13)7-12(14,10-2)11-3/h1-3H3,(H2,6,7,8,13,14). The van der Waals surface area contributed by atoms with Gasteiger partial charge in [0.2, 0.25) is 0 Å². The Morgan fingerprint density at radius 2 is 1.79 bits per heavy atom. The largest absolute Gasteiger partial charge is 0.453 e. The van der Waals surface area contributed by atoms with E-state index >= 15 is 0 Å². The third-order valence-corrected chi connectivity index (χ3v) is 4.10. The second-order valence-electron chi connectivity index (χ2n) is 1.92. The van der Waals surface area contributed by atoms with Crippen LogP contribution in [0.1, 0.15) is 0 Å². The molecule has 0 saturated carbocycles. The maximum absolute atomic E-state index is 10.7. The highest BCUT2D eigenvalue weighted by atomic mass is 32.5. The molecule has 0 aromatic carbocycles. The molecule has 14 heavy (non-hydrogen) atoms. The SMILES string of the molecule is COC(=O)NC(=S)NP(=S)(OC)OC. The number of nitrogens with one attached hydrogen (secondary N) is 2. The third-order valence-electron chi connectivity index (χ3n) is 1.12. The van der Waals surface area contributed by atoms with Gasteiger partial charge in [-0.1, -0.05) is 0 Å². The number of methoxy groups -OCH3 is 1. The number of thiocarbonyl (C=S) groups is 1. The summed E-state index contributed by atoms with van der Waals surface area (Å²) in [5.74, 6) is 0. The van der Waals surface area contributed by atoms with Gasteiger partial charge in [0.15, 0.2) is 5.11 Å². The number of carbonyl (C=O) groups is 1. The van der Waals surface area contributed by atoms with Gasteiger partial charge in [0.05, 0.1) is 7.11 Å². The average Bonchev–Trinajstić information content (AvgIpc) is 2.17. The summed E-state index contributed by atoms with van der Waals surface area (Å²) in [6.45, 7) is -2.63. The van der Waals surface area contributed by atoms with E-state index in [1.165, 1.54) is 21.3 Å². The van der Waals surface area contributed by atoms with Gasteiger partial charge >= 0.3 is 6.09 Å². The van der Waals surface area contributed by atoms with Crippen molar-refractivity contribution in [3.8, 4) is 0 Å². The van der Waals surface area contributed by atoms with Crippen LogP contribution in [-0.4, -0.2) is 32.5 Å². The molecule has 0 saturated heterocycles. The van der Waals surface area contributed by atoms with E-state index in [1.54, 1.807) is 0 Å². The van der Waals surface area contributed by atoms with Crippen LogP contribution >= 0.6 is 18.9 Å². The normalized spacial score (nSPS) is 10.5. The summed E-state index contributed by atoms with van der Waals surface area (Å²) in [7, 11) is 4.00. The molecule has 0 aliphatic rings. The van der Waals surface area contributed by atoms with Crippen LogP contribution < -0.4 is 10.4 Å². The summed E-state index contributed by atoms with van der Waals surface area (Å²) < 4.78 is 14.1. The van der Waals surface area contributed by atoms with Crippen LogP contribution in [0, 0.1) is 0 Å². The number of rotatable bonds is 3. The minimum absolute atomic E-state index is 0.00360. The molecule has 0 unspecified atom stereocenters. The van der Waals surface area contributed by atoms with Crippen LogP contribution in [-0.2, 0) is 25.6 Å². The van der Waals surface area contributed by atoms with E-state index in [0.717, 1.165) is 0 Å². The van der Waals surface area contributed by atoms with Crippen molar-refractivity contribution < 1.29 is 18.6 Å². The molecule has 9 heteroatoms. The minimum Gasteiger partial charge on any atom is -0.453 e. The molecule has 0 aromatic rings. The van der Waals surface area contributed by atoms with Gasteiger partial charge in [-0.25, -0.2) is 4.79 Å². The Balaban J connectivity index is 4.18. The fourth-order valence-corrected chi connectivity index (χ4v) is 1.99. The second-order valence-corrected chi connectivity index (χ2v) is 5.72. The molecule has 0 aliphatic carbocycles. The smallest absolute Gasteiger partial charge is 0.413 e. The lowest BCUT2D eigenvalue weighted by molar-refractivity contribution is 0.177. The molecule has 0 spiro atoms. The van der Waals surface area contributed by atoms with Crippen molar-refractivity contribution in [2.75, 3.05) is 21.3 Å².